The van der Waals surface area contributed by atoms with Gasteiger partial charge in [-0.15, -0.1) is 0 Å². The Balaban J connectivity index is 1.47. The van der Waals surface area contributed by atoms with Gasteiger partial charge in [-0.25, -0.2) is 0 Å². The first-order valence-electron chi connectivity index (χ1n) is 10.1. The monoisotopic (exact) mass is 379 g/mol. The number of hydrogen-bond donors (Lipinski definition) is 1. The second-order valence-corrected chi connectivity index (χ2v) is 7.22. The Kier molecular flexibility index (Phi) is 7.06. The molecule has 3 rings (SSSR count). The van der Waals surface area contributed by atoms with Crippen LogP contribution < -0.4 is 15.1 Å². The van der Waals surface area contributed by atoms with Gasteiger partial charge >= 0.3 is 0 Å². The fourth-order valence-corrected chi connectivity index (χ4v) is 3.59. The molecule has 0 bridgehead atoms. The summed E-state index contributed by atoms with van der Waals surface area (Å²) in [5, 5.41) is 2.92. The van der Waals surface area contributed by atoms with Crippen LogP contribution in [0.1, 0.15) is 31.7 Å². The van der Waals surface area contributed by atoms with E-state index in [9.17, 15) is 9.59 Å². The molecule has 1 N–H and O–H groups in total. The van der Waals surface area contributed by atoms with Crippen LogP contribution >= 0.6 is 0 Å². The standard InChI is InChI=1S/C23H29N3O2/c1-19(27)26(22-12-10-21(11-13-22)25-16-5-6-17-25)18-15-24-23(28)14-9-20-7-3-2-4-8-20/h2-4,7-8,10-13H,5-6,9,14-18H2,1H3,(H,24,28). The van der Waals surface area contributed by atoms with Crippen molar-refractivity contribution in [3.8, 4) is 0 Å². The molecule has 1 saturated heterocycles. The van der Waals surface area contributed by atoms with Gasteiger partial charge in [0.2, 0.25) is 11.8 Å². The maximum Gasteiger partial charge on any atom is 0.223 e. The third-order valence-electron chi connectivity index (χ3n) is 5.15. The Bertz CT molecular complexity index is 768. The van der Waals surface area contributed by atoms with Gasteiger partial charge in [-0.05, 0) is 49.1 Å². The van der Waals surface area contributed by atoms with Crippen LogP contribution in [0.15, 0.2) is 54.6 Å². The zero-order chi connectivity index (χ0) is 19.8. The highest BCUT2D eigenvalue weighted by molar-refractivity contribution is 5.91. The summed E-state index contributed by atoms with van der Waals surface area (Å²) in [5.41, 5.74) is 3.23. The Labute approximate surface area is 167 Å². The van der Waals surface area contributed by atoms with E-state index in [4.69, 9.17) is 0 Å². The summed E-state index contributed by atoms with van der Waals surface area (Å²) in [6, 6.07) is 18.1. The molecule has 0 aliphatic carbocycles. The van der Waals surface area contributed by atoms with E-state index in [1.54, 1.807) is 11.8 Å². The number of nitrogens with zero attached hydrogens (tertiary/aromatic N) is 2. The van der Waals surface area contributed by atoms with E-state index in [1.807, 2.05) is 42.5 Å². The summed E-state index contributed by atoms with van der Waals surface area (Å²) in [6.45, 7) is 4.68. The van der Waals surface area contributed by atoms with Crippen LogP contribution in [0.25, 0.3) is 0 Å². The van der Waals surface area contributed by atoms with Crippen molar-refractivity contribution in [3.05, 3.63) is 60.2 Å². The lowest BCUT2D eigenvalue weighted by Crippen LogP contribution is -2.37. The molecule has 28 heavy (non-hydrogen) atoms. The van der Waals surface area contributed by atoms with Crippen molar-refractivity contribution >= 4 is 23.2 Å². The average molecular weight is 380 g/mol. The Morgan fingerprint density at radius 1 is 1.00 bits per heavy atom. The number of carbonyl (C=O) groups excluding carboxylic acids is 2. The van der Waals surface area contributed by atoms with Crippen LogP contribution in [0.4, 0.5) is 11.4 Å². The molecule has 0 aromatic heterocycles. The molecular weight excluding hydrogens is 350 g/mol. The van der Waals surface area contributed by atoms with Gasteiger partial charge in [-0.2, -0.15) is 0 Å². The molecule has 1 aliphatic heterocycles. The molecule has 2 aromatic carbocycles. The molecule has 2 aromatic rings. The maximum absolute atomic E-state index is 12.1. The quantitative estimate of drug-likeness (QED) is 0.765. The molecule has 1 aliphatic rings. The molecule has 1 heterocycles. The van der Waals surface area contributed by atoms with Crippen LogP contribution in [-0.2, 0) is 16.0 Å². The number of rotatable bonds is 8. The number of anilines is 2. The van der Waals surface area contributed by atoms with Gasteiger partial charge in [0.15, 0.2) is 0 Å². The molecule has 148 valence electrons. The van der Waals surface area contributed by atoms with Crippen molar-refractivity contribution in [2.24, 2.45) is 0 Å². The highest BCUT2D eigenvalue weighted by atomic mass is 16.2. The smallest absolute Gasteiger partial charge is 0.223 e. The van der Waals surface area contributed by atoms with E-state index in [0.717, 1.165) is 30.8 Å². The number of carbonyl (C=O) groups is 2. The van der Waals surface area contributed by atoms with Crippen LogP contribution in [0.5, 0.6) is 0 Å². The van der Waals surface area contributed by atoms with E-state index in [2.05, 4.69) is 22.3 Å². The highest BCUT2D eigenvalue weighted by Crippen LogP contribution is 2.23. The Hall–Kier alpha value is -2.82. The number of aryl methyl sites for hydroxylation is 1. The predicted octanol–water partition coefficient (Wildman–Crippen LogP) is 3.39. The first kappa shape index (κ1) is 19.9. The van der Waals surface area contributed by atoms with Crippen LogP contribution in [0.3, 0.4) is 0 Å². The molecule has 0 radical (unpaired) electrons. The SMILES string of the molecule is CC(=O)N(CCNC(=O)CCc1ccccc1)c1ccc(N2CCCC2)cc1. The minimum absolute atomic E-state index is 0.0109. The number of benzene rings is 2. The first-order valence-corrected chi connectivity index (χ1v) is 10.1. The minimum atomic E-state index is -0.0209. The van der Waals surface area contributed by atoms with Crippen molar-refractivity contribution in [2.45, 2.75) is 32.6 Å². The number of nitrogens with one attached hydrogen (secondary N) is 1. The summed E-state index contributed by atoms with van der Waals surface area (Å²) in [4.78, 5) is 28.2. The molecule has 1 fully saturated rings. The summed E-state index contributed by atoms with van der Waals surface area (Å²) < 4.78 is 0. The molecule has 0 atom stereocenters. The minimum Gasteiger partial charge on any atom is -0.372 e. The van der Waals surface area contributed by atoms with E-state index in [-0.39, 0.29) is 11.8 Å². The molecule has 0 spiro atoms. The van der Waals surface area contributed by atoms with Gasteiger partial charge in [0, 0.05) is 50.9 Å². The summed E-state index contributed by atoms with van der Waals surface area (Å²) >= 11 is 0. The normalized spacial score (nSPS) is 13.4. The second kappa shape index (κ2) is 9.93. The fraction of sp³-hybridized carbons (Fsp3) is 0.391. The lowest BCUT2D eigenvalue weighted by Gasteiger charge is -2.23. The number of hydrogen-bond acceptors (Lipinski definition) is 3. The van der Waals surface area contributed by atoms with Crippen LogP contribution in [-0.4, -0.2) is 38.0 Å². The van der Waals surface area contributed by atoms with E-state index in [0.29, 0.717) is 19.5 Å². The van der Waals surface area contributed by atoms with Crippen LogP contribution in [0, 0.1) is 0 Å². The average Bonchev–Trinajstić information content (AvgIpc) is 3.25. The zero-order valence-electron chi connectivity index (χ0n) is 16.6. The third kappa shape index (κ3) is 5.59. The van der Waals surface area contributed by atoms with Crippen LogP contribution in [0.2, 0.25) is 0 Å². The van der Waals surface area contributed by atoms with Gasteiger partial charge in [0.1, 0.15) is 0 Å². The molecule has 2 amide bonds. The lowest BCUT2D eigenvalue weighted by molar-refractivity contribution is -0.121. The van der Waals surface area contributed by atoms with Gasteiger partial charge in [-0.1, -0.05) is 30.3 Å². The lowest BCUT2D eigenvalue weighted by atomic mass is 10.1. The molecule has 5 heteroatoms. The Morgan fingerprint density at radius 3 is 2.32 bits per heavy atom. The summed E-state index contributed by atoms with van der Waals surface area (Å²) in [7, 11) is 0. The number of amides is 2. The van der Waals surface area contributed by atoms with Crippen molar-refractivity contribution in [1.29, 1.82) is 0 Å². The fourth-order valence-electron chi connectivity index (χ4n) is 3.59. The molecule has 0 unspecified atom stereocenters. The van der Waals surface area contributed by atoms with E-state index < -0.39 is 0 Å². The topological polar surface area (TPSA) is 52.7 Å². The summed E-state index contributed by atoms with van der Waals surface area (Å²) in [6.07, 6.45) is 3.66. The maximum atomic E-state index is 12.1. The van der Waals surface area contributed by atoms with E-state index in [1.165, 1.54) is 18.5 Å². The predicted molar refractivity (Wildman–Crippen MR) is 114 cm³/mol. The van der Waals surface area contributed by atoms with E-state index >= 15 is 0 Å². The molecule has 5 nitrogen and oxygen atoms in total. The van der Waals surface area contributed by atoms with Crippen molar-refractivity contribution in [3.63, 3.8) is 0 Å². The third-order valence-corrected chi connectivity index (χ3v) is 5.15. The van der Waals surface area contributed by atoms with Gasteiger partial charge in [0.25, 0.3) is 0 Å². The van der Waals surface area contributed by atoms with Gasteiger partial charge < -0.3 is 15.1 Å². The molecule has 0 saturated carbocycles. The van der Waals surface area contributed by atoms with Crippen molar-refractivity contribution < 1.29 is 9.59 Å². The largest absolute Gasteiger partial charge is 0.372 e. The molecular formula is C23H29N3O2. The van der Waals surface area contributed by atoms with Crippen molar-refractivity contribution in [2.75, 3.05) is 36.0 Å². The van der Waals surface area contributed by atoms with Crippen molar-refractivity contribution in [1.82, 2.24) is 5.32 Å². The summed E-state index contributed by atoms with van der Waals surface area (Å²) in [5.74, 6) is -0.0100. The second-order valence-electron chi connectivity index (χ2n) is 7.22. The van der Waals surface area contributed by atoms with Gasteiger partial charge in [0.05, 0.1) is 0 Å². The van der Waals surface area contributed by atoms with Gasteiger partial charge in [-0.3, -0.25) is 9.59 Å². The highest BCUT2D eigenvalue weighted by Gasteiger charge is 2.15. The Morgan fingerprint density at radius 2 is 1.68 bits per heavy atom. The zero-order valence-corrected chi connectivity index (χ0v) is 16.6. The first-order chi connectivity index (χ1) is 13.6.